The molecule has 2 aromatic carbocycles. The largest absolute Gasteiger partial charge is 0.337 e. The number of carbonyl (C=O) groups is 1. The second-order valence-electron chi connectivity index (χ2n) is 5.91. The minimum atomic E-state index is -3.60. The van der Waals surface area contributed by atoms with Gasteiger partial charge in [0.05, 0.1) is 4.90 Å². The maximum Gasteiger partial charge on any atom is 0.253 e. The van der Waals surface area contributed by atoms with Gasteiger partial charge in [-0.05, 0) is 35.9 Å². The molecule has 0 atom stereocenters. The summed E-state index contributed by atoms with van der Waals surface area (Å²) in [5.41, 5.74) is 1.24. The molecular formula is C19H23ClN2O3S. The normalized spacial score (nSPS) is 11.6. The average molecular weight is 395 g/mol. The van der Waals surface area contributed by atoms with E-state index >= 15 is 0 Å². The highest BCUT2D eigenvalue weighted by Gasteiger charge is 2.23. The first-order chi connectivity index (χ1) is 12.3. The molecule has 0 radical (unpaired) electrons. The molecule has 0 saturated carbocycles. The number of sulfonamides is 1. The molecule has 0 aliphatic rings. The average Bonchev–Trinajstić information content (AvgIpc) is 2.62. The van der Waals surface area contributed by atoms with Gasteiger partial charge in [0, 0.05) is 37.3 Å². The van der Waals surface area contributed by atoms with Crippen molar-refractivity contribution in [2.45, 2.75) is 25.3 Å². The Labute approximate surface area is 160 Å². The number of carbonyl (C=O) groups excluding carboxylic acids is 1. The highest BCUT2D eigenvalue weighted by molar-refractivity contribution is 7.89. The lowest BCUT2D eigenvalue weighted by molar-refractivity contribution is 0.0785. The molecule has 0 aliphatic carbocycles. The molecule has 0 heterocycles. The van der Waals surface area contributed by atoms with Gasteiger partial charge in [-0.25, -0.2) is 8.42 Å². The fourth-order valence-electron chi connectivity index (χ4n) is 2.70. The Kier molecular flexibility index (Phi) is 6.81. The summed E-state index contributed by atoms with van der Waals surface area (Å²) in [5, 5.41) is 0.607. The quantitative estimate of drug-likeness (QED) is 0.720. The molecule has 0 aromatic heterocycles. The first-order valence-corrected chi connectivity index (χ1v) is 10.2. The summed E-state index contributed by atoms with van der Waals surface area (Å²) in [5.74, 6) is -0.249. The van der Waals surface area contributed by atoms with Crippen molar-refractivity contribution in [2.75, 3.05) is 20.1 Å². The van der Waals surface area contributed by atoms with Gasteiger partial charge in [0.25, 0.3) is 5.91 Å². The molecule has 0 unspecified atom stereocenters. The topological polar surface area (TPSA) is 57.7 Å². The molecule has 26 heavy (non-hydrogen) atoms. The van der Waals surface area contributed by atoms with Crippen LogP contribution in [0.5, 0.6) is 0 Å². The van der Waals surface area contributed by atoms with Gasteiger partial charge < -0.3 is 4.90 Å². The minimum absolute atomic E-state index is 0.128. The summed E-state index contributed by atoms with van der Waals surface area (Å²) in [6.07, 6.45) is 0. The van der Waals surface area contributed by atoms with Gasteiger partial charge in [-0.3, -0.25) is 4.79 Å². The van der Waals surface area contributed by atoms with Crippen LogP contribution in [0.1, 0.15) is 29.8 Å². The zero-order valence-corrected chi connectivity index (χ0v) is 16.7. The molecule has 2 aromatic rings. The van der Waals surface area contributed by atoms with Crippen LogP contribution in [0.4, 0.5) is 0 Å². The summed E-state index contributed by atoms with van der Waals surface area (Å²) < 4.78 is 26.7. The summed E-state index contributed by atoms with van der Waals surface area (Å²) in [6.45, 7) is 4.72. The van der Waals surface area contributed by atoms with E-state index in [2.05, 4.69) is 0 Å². The summed E-state index contributed by atoms with van der Waals surface area (Å²) >= 11 is 5.98. The standard InChI is InChI=1S/C19H23ClN2O3S/c1-4-22(5-2)26(24,25)18-11-7-9-16(13-18)19(23)21(3)14-15-8-6-10-17(20)12-15/h6-13H,4-5,14H2,1-3H3. The zero-order valence-electron chi connectivity index (χ0n) is 15.1. The Hall–Kier alpha value is -1.89. The second-order valence-corrected chi connectivity index (χ2v) is 8.28. The first-order valence-electron chi connectivity index (χ1n) is 8.39. The van der Waals surface area contributed by atoms with E-state index in [1.54, 1.807) is 45.2 Å². The Morgan fingerprint density at radius 2 is 1.69 bits per heavy atom. The number of hydrogen-bond acceptors (Lipinski definition) is 3. The number of amides is 1. The molecule has 0 N–H and O–H groups in total. The lowest BCUT2D eigenvalue weighted by atomic mass is 10.1. The van der Waals surface area contributed by atoms with Crippen LogP contribution in [0.3, 0.4) is 0 Å². The molecular weight excluding hydrogens is 372 g/mol. The van der Waals surface area contributed by atoms with E-state index < -0.39 is 10.0 Å². The molecule has 2 rings (SSSR count). The molecule has 0 saturated heterocycles. The SMILES string of the molecule is CCN(CC)S(=O)(=O)c1cccc(C(=O)N(C)Cc2cccc(Cl)c2)c1. The van der Waals surface area contributed by atoms with Crippen molar-refractivity contribution in [1.29, 1.82) is 0 Å². The van der Waals surface area contributed by atoms with Gasteiger partial charge in [0.1, 0.15) is 0 Å². The van der Waals surface area contributed by atoms with Crippen molar-refractivity contribution in [3.05, 3.63) is 64.7 Å². The zero-order chi connectivity index (χ0) is 19.3. The molecule has 5 nitrogen and oxygen atoms in total. The van der Waals surface area contributed by atoms with E-state index in [-0.39, 0.29) is 10.8 Å². The van der Waals surface area contributed by atoms with Crippen molar-refractivity contribution in [2.24, 2.45) is 0 Å². The van der Waals surface area contributed by atoms with Gasteiger partial charge in [0.15, 0.2) is 0 Å². The second kappa shape index (κ2) is 8.66. The third kappa shape index (κ3) is 4.63. The van der Waals surface area contributed by atoms with E-state index in [0.717, 1.165) is 5.56 Å². The van der Waals surface area contributed by atoms with E-state index in [9.17, 15) is 13.2 Å². The maximum atomic E-state index is 12.7. The van der Waals surface area contributed by atoms with Crippen molar-refractivity contribution in [3.63, 3.8) is 0 Å². The van der Waals surface area contributed by atoms with Crippen LogP contribution in [0.25, 0.3) is 0 Å². The van der Waals surface area contributed by atoms with Crippen LogP contribution in [-0.4, -0.2) is 43.7 Å². The van der Waals surface area contributed by atoms with Crippen LogP contribution in [0.2, 0.25) is 5.02 Å². The van der Waals surface area contributed by atoms with Crippen molar-refractivity contribution < 1.29 is 13.2 Å². The van der Waals surface area contributed by atoms with Crippen LogP contribution in [-0.2, 0) is 16.6 Å². The summed E-state index contributed by atoms with van der Waals surface area (Å²) in [7, 11) is -1.93. The van der Waals surface area contributed by atoms with Crippen LogP contribution >= 0.6 is 11.6 Å². The molecule has 140 valence electrons. The smallest absolute Gasteiger partial charge is 0.253 e. The monoisotopic (exact) mass is 394 g/mol. The van der Waals surface area contributed by atoms with Crippen LogP contribution in [0.15, 0.2) is 53.4 Å². The van der Waals surface area contributed by atoms with Gasteiger partial charge in [0.2, 0.25) is 10.0 Å². The maximum absolute atomic E-state index is 12.7. The van der Waals surface area contributed by atoms with Gasteiger partial charge >= 0.3 is 0 Å². The molecule has 0 aliphatic heterocycles. The number of hydrogen-bond donors (Lipinski definition) is 0. The van der Waals surface area contributed by atoms with Crippen molar-refractivity contribution in [1.82, 2.24) is 9.21 Å². The lowest BCUT2D eigenvalue weighted by Crippen LogP contribution is -2.31. The Morgan fingerprint density at radius 1 is 1.04 bits per heavy atom. The minimum Gasteiger partial charge on any atom is -0.337 e. The van der Waals surface area contributed by atoms with E-state index in [1.165, 1.54) is 21.3 Å². The number of halogens is 1. The third-order valence-corrected chi connectivity index (χ3v) is 6.36. The van der Waals surface area contributed by atoms with E-state index in [4.69, 9.17) is 11.6 Å². The highest BCUT2D eigenvalue weighted by Crippen LogP contribution is 2.19. The lowest BCUT2D eigenvalue weighted by Gasteiger charge is -2.20. The predicted octanol–water partition coefficient (Wildman–Crippen LogP) is 3.64. The summed E-state index contributed by atoms with van der Waals surface area (Å²) in [6, 6.07) is 13.5. The van der Waals surface area contributed by atoms with Crippen molar-refractivity contribution >= 4 is 27.5 Å². The van der Waals surface area contributed by atoms with Crippen LogP contribution in [0, 0.1) is 0 Å². The van der Waals surface area contributed by atoms with E-state index in [0.29, 0.717) is 30.2 Å². The Bertz CT molecular complexity index is 880. The number of benzene rings is 2. The molecule has 7 heteroatoms. The molecule has 0 fully saturated rings. The molecule has 1 amide bonds. The fourth-order valence-corrected chi connectivity index (χ4v) is 4.42. The predicted molar refractivity (Wildman–Crippen MR) is 104 cm³/mol. The third-order valence-electron chi connectivity index (χ3n) is 4.08. The molecule has 0 bridgehead atoms. The highest BCUT2D eigenvalue weighted by atomic mass is 35.5. The number of rotatable bonds is 7. The van der Waals surface area contributed by atoms with Gasteiger partial charge in [-0.15, -0.1) is 0 Å². The molecule has 0 spiro atoms. The summed E-state index contributed by atoms with van der Waals surface area (Å²) in [4.78, 5) is 14.4. The fraction of sp³-hybridized carbons (Fsp3) is 0.316. The first kappa shape index (κ1) is 20.4. The van der Waals surface area contributed by atoms with Crippen molar-refractivity contribution in [3.8, 4) is 0 Å². The van der Waals surface area contributed by atoms with E-state index in [1.807, 2.05) is 12.1 Å². The van der Waals surface area contributed by atoms with Gasteiger partial charge in [-0.2, -0.15) is 4.31 Å². The van der Waals surface area contributed by atoms with Crippen LogP contribution < -0.4 is 0 Å². The number of nitrogens with zero attached hydrogens (tertiary/aromatic N) is 2. The Balaban J connectivity index is 2.25. The van der Waals surface area contributed by atoms with Gasteiger partial charge in [-0.1, -0.05) is 43.6 Å². The Morgan fingerprint density at radius 3 is 2.31 bits per heavy atom.